The Kier molecular flexibility index (Phi) is 5.15. The Morgan fingerprint density at radius 2 is 1.92 bits per heavy atom. The van der Waals surface area contributed by atoms with Crippen LogP contribution in [-0.2, 0) is 6.54 Å². The van der Waals surface area contributed by atoms with Gasteiger partial charge in [-0.3, -0.25) is 9.59 Å². The summed E-state index contributed by atoms with van der Waals surface area (Å²) < 4.78 is 41.3. The lowest BCUT2D eigenvalue weighted by Crippen LogP contribution is -2.33. The van der Waals surface area contributed by atoms with Crippen molar-refractivity contribution in [3.05, 3.63) is 57.3 Å². The van der Waals surface area contributed by atoms with E-state index >= 15 is 0 Å². The minimum atomic E-state index is -4.84. The molecule has 0 saturated heterocycles. The predicted octanol–water partition coefficient (Wildman–Crippen LogP) is 2.56. The Morgan fingerprint density at radius 1 is 1.28 bits per heavy atom. The van der Waals surface area contributed by atoms with E-state index in [4.69, 9.17) is 0 Å². The van der Waals surface area contributed by atoms with Crippen LogP contribution in [0.4, 0.5) is 13.2 Å². The first kappa shape index (κ1) is 18.5. The van der Waals surface area contributed by atoms with Crippen molar-refractivity contribution >= 4 is 5.91 Å². The van der Waals surface area contributed by atoms with Crippen LogP contribution in [0.1, 0.15) is 27.4 Å². The van der Waals surface area contributed by atoms with Gasteiger partial charge in [-0.05, 0) is 19.9 Å². The number of aryl methyl sites for hydroxylation is 2. The Morgan fingerprint density at radius 3 is 2.56 bits per heavy atom. The standard InChI is InChI=1S/C16H16F3N3O3/c1-9-10(2)21-14(23)13(20-9)15(24)22(3)8-11-6-4-5-7-12(11)25-16(17,18)19/h4-7H,8H2,1-3H3,(H,21,23). The lowest BCUT2D eigenvalue weighted by molar-refractivity contribution is -0.275. The Balaban J connectivity index is 2.26. The summed E-state index contributed by atoms with van der Waals surface area (Å²) in [6.45, 7) is 3.10. The van der Waals surface area contributed by atoms with E-state index in [9.17, 15) is 22.8 Å². The number of benzene rings is 1. The number of hydrogen-bond donors (Lipinski definition) is 1. The van der Waals surface area contributed by atoms with Gasteiger partial charge in [0, 0.05) is 24.8 Å². The molecule has 9 heteroatoms. The molecule has 0 atom stereocenters. The van der Waals surface area contributed by atoms with Gasteiger partial charge >= 0.3 is 6.36 Å². The third-order valence-corrected chi connectivity index (χ3v) is 3.49. The van der Waals surface area contributed by atoms with Crippen molar-refractivity contribution in [1.29, 1.82) is 0 Å². The van der Waals surface area contributed by atoms with E-state index in [-0.39, 0.29) is 17.8 Å². The summed E-state index contributed by atoms with van der Waals surface area (Å²) in [5, 5.41) is 0. The van der Waals surface area contributed by atoms with Crippen LogP contribution in [0.5, 0.6) is 5.75 Å². The van der Waals surface area contributed by atoms with Gasteiger partial charge < -0.3 is 14.6 Å². The highest BCUT2D eigenvalue weighted by atomic mass is 19.4. The molecule has 1 amide bonds. The average molecular weight is 355 g/mol. The number of halogens is 3. The summed E-state index contributed by atoms with van der Waals surface area (Å²) in [5.74, 6) is -1.11. The van der Waals surface area contributed by atoms with Crippen molar-refractivity contribution in [1.82, 2.24) is 14.9 Å². The van der Waals surface area contributed by atoms with Gasteiger partial charge in [0.1, 0.15) is 5.75 Å². The van der Waals surface area contributed by atoms with E-state index in [1.807, 2.05) is 0 Å². The number of aromatic nitrogens is 2. The second kappa shape index (κ2) is 6.96. The summed E-state index contributed by atoms with van der Waals surface area (Å²) in [6.07, 6.45) is -4.84. The second-order valence-corrected chi connectivity index (χ2v) is 5.44. The molecule has 0 aliphatic rings. The minimum Gasteiger partial charge on any atom is -0.405 e. The van der Waals surface area contributed by atoms with Gasteiger partial charge in [0.15, 0.2) is 5.69 Å². The smallest absolute Gasteiger partial charge is 0.405 e. The Bertz CT molecular complexity index is 846. The van der Waals surface area contributed by atoms with Crippen LogP contribution in [-0.4, -0.2) is 34.2 Å². The first-order valence-corrected chi connectivity index (χ1v) is 7.25. The van der Waals surface area contributed by atoms with E-state index in [1.54, 1.807) is 13.8 Å². The van der Waals surface area contributed by atoms with Crippen LogP contribution < -0.4 is 10.3 Å². The van der Waals surface area contributed by atoms with Crippen molar-refractivity contribution in [2.24, 2.45) is 0 Å². The Hall–Kier alpha value is -2.84. The highest BCUT2D eigenvalue weighted by Crippen LogP contribution is 2.27. The molecule has 1 aromatic carbocycles. The summed E-state index contributed by atoms with van der Waals surface area (Å²) in [6, 6.07) is 5.48. The van der Waals surface area contributed by atoms with Crippen LogP contribution in [0, 0.1) is 13.8 Å². The molecular formula is C16H16F3N3O3. The SMILES string of the molecule is Cc1nc(C(=O)N(C)Cc2ccccc2OC(F)(F)F)c(=O)[nH]c1C. The number of nitrogens with zero attached hydrogens (tertiary/aromatic N) is 2. The van der Waals surface area contributed by atoms with E-state index in [0.717, 1.165) is 11.0 Å². The molecule has 0 unspecified atom stereocenters. The number of amides is 1. The van der Waals surface area contributed by atoms with E-state index in [0.29, 0.717) is 11.4 Å². The highest BCUT2D eigenvalue weighted by molar-refractivity contribution is 5.91. The number of hydrogen-bond acceptors (Lipinski definition) is 4. The van der Waals surface area contributed by atoms with Crippen molar-refractivity contribution < 1.29 is 22.7 Å². The fourth-order valence-corrected chi connectivity index (χ4v) is 2.13. The van der Waals surface area contributed by atoms with Gasteiger partial charge in [-0.15, -0.1) is 13.2 Å². The summed E-state index contributed by atoms with van der Waals surface area (Å²) in [4.78, 5) is 31.9. The molecule has 1 heterocycles. The van der Waals surface area contributed by atoms with Crippen molar-refractivity contribution in [2.75, 3.05) is 7.05 Å². The number of carbonyl (C=O) groups is 1. The number of carbonyl (C=O) groups excluding carboxylic acids is 1. The maximum absolute atomic E-state index is 12.5. The maximum Gasteiger partial charge on any atom is 0.573 e. The number of nitrogens with one attached hydrogen (secondary N) is 1. The zero-order valence-electron chi connectivity index (χ0n) is 13.8. The molecule has 2 rings (SSSR count). The third kappa shape index (κ3) is 4.59. The van der Waals surface area contributed by atoms with Gasteiger partial charge in [-0.25, -0.2) is 4.98 Å². The van der Waals surface area contributed by atoms with Crippen LogP contribution in [0.15, 0.2) is 29.1 Å². The van der Waals surface area contributed by atoms with E-state index in [2.05, 4.69) is 14.7 Å². The molecule has 0 radical (unpaired) electrons. The first-order chi connectivity index (χ1) is 11.6. The number of rotatable bonds is 4. The molecule has 0 aliphatic heterocycles. The molecule has 0 bridgehead atoms. The minimum absolute atomic E-state index is 0.149. The molecule has 0 fully saturated rings. The van der Waals surface area contributed by atoms with Crippen LogP contribution >= 0.6 is 0 Å². The second-order valence-electron chi connectivity index (χ2n) is 5.44. The topological polar surface area (TPSA) is 75.3 Å². The van der Waals surface area contributed by atoms with Gasteiger partial charge in [0.2, 0.25) is 0 Å². The average Bonchev–Trinajstić information content (AvgIpc) is 2.50. The molecule has 25 heavy (non-hydrogen) atoms. The normalized spacial score (nSPS) is 11.3. The summed E-state index contributed by atoms with van der Waals surface area (Å²) in [5.41, 5.74) is 0.195. The Labute approximate surface area is 141 Å². The monoisotopic (exact) mass is 355 g/mol. The number of para-hydroxylation sites is 1. The van der Waals surface area contributed by atoms with Gasteiger partial charge in [-0.2, -0.15) is 0 Å². The fraction of sp³-hybridized carbons (Fsp3) is 0.312. The maximum atomic E-state index is 12.5. The van der Waals surface area contributed by atoms with E-state index < -0.39 is 23.6 Å². The molecule has 0 aliphatic carbocycles. The molecule has 1 N–H and O–H groups in total. The zero-order valence-corrected chi connectivity index (χ0v) is 13.8. The fourth-order valence-electron chi connectivity index (χ4n) is 2.13. The first-order valence-electron chi connectivity index (χ1n) is 7.25. The van der Waals surface area contributed by atoms with Crippen molar-refractivity contribution in [2.45, 2.75) is 26.8 Å². The van der Waals surface area contributed by atoms with Gasteiger partial charge in [0.05, 0.1) is 5.69 Å². The molecule has 0 spiro atoms. The van der Waals surface area contributed by atoms with Crippen molar-refractivity contribution in [3.63, 3.8) is 0 Å². The van der Waals surface area contributed by atoms with E-state index in [1.165, 1.54) is 25.2 Å². The number of alkyl halides is 3. The lowest BCUT2D eigenvalue weighted by atomic mass is 10.2. The molecular weight excluding hydrogens is 339 g/mol. The van der Waals surface area contributed by atoms with Gasteiger partial charge in [-0.1, -0.05) is 18.2 Å². The predicted molar refractivity (Wildman–Crippen MR) is 83.3 cm³/mol. The van der Waals surface area contributed by atoms with Gasteiger partial charge in [0.25, 0.3) is 11.5 Å². The van der Waals surface area contributed by atoms with Crippen LogP contribution in [0.25, 0.3) is 0 Å². The molecule has 6 nitrogen and oxygen atoms in total. The largest absolute Gasteiger partial charge is 0.573 e. The molecule has 2 aromatic rings. The van der Waals surface area contributed by atoms with Crippen molar-refractivity contribution in [3.8, 4) is 5.75 Å². The number of ether oxygens (including phenoxy) is 1. The van der Waals surface area contributed by atoms with Crippen LogP contribution in [0.3, 0.4) is 0 Å². The number of H-pyrrole nitrogens is 1. The molecule has 134 valence electrons. The lowest BCUT2D eigenvalue weighted by Gasteiger charge is -2.19. The number of aromatic amines is 1. The summed E-state index contributed by atoms with van der Waals surface area (Å²) >= 11 is 0. The summed E-state index contributed by atoms with van der Waals surface area (Å²) in [7, 11) is 1.36. The highest BCUT2D eigenvalue weighted by Gasteiger charge is 2.32. The molecule has 0 saturated carbocycles. The van der Waals surface area contributed by atoms with Crippen LogP contribution in [0.2, 0.25) is 0 Å². The third-order valence-electron chi connectivity index (χ3n) is 3.49. The zero-order chi connectivity index (χ0) is 18.8. The quantitative estimate of drug-likeness (QED) is 0.915. The molecule has 1 aromatic heterocycles.